The van der Waals surface area contributed by atoms with Crippen molar-refractivity contribution in [1.82, 2.24) is 0 Å². The summed E-state index contributed by atoms with van der Waals surface area (Å²) in [5.41, 5.74) is 3.52. The molecule has 0 saturated heterocycles. The first-order valence-electron chi connectivity index (χ1n) is 6.90. The monoisotopic (exact) mass is 305 g/mol. The number of nitrogens with one attached hydrogen (secondary N) is 1. The summed E-state index contributed by atoms with van der Waals surface area (Å²) in [7, 11) is 0. The lowest BCUT2D eigenvalue weighted by atomic mass is 9.76. The average Bonchev–Trinajstić information content (AvgIpc) is 2.38. The van der Waals surface area contributed by atoms with Gasteiger partial charge in [0.1, 0.15) is 0 Å². The predicted molar refractivity (Wildman–Crippen MR) is 87.0 cm³/mol. The topological polar surface area (TPSA) is 12.0 Å². The molecule has 0 amide bonds. The molecule has 0 atom stereocenters. The minimum Gasteiger partial charge on any atom is -0.381 e. The Balaban J connectivity index is 1.64. The second kappa shape index (κ2) is 5.67. The van der Waals surface area contributed by atoms with Gasteiger partial charge in [0.2, 0.25) is 0 Å². The van der Waals surface area contributed by atoms with Crippen LogP contribution in [0.3, 0.4) is 0 Å². The van der Waals surface area contributed by atoms with E-state index >= 15 is 0 Å². The van der Waals surface area contributed by atoms with Gasteiger partial charge in [-0.3, -0.25) is 0 Å². The van der Waals surface area contributed by atoms with Crippen LogP contribution in [0, 0.1) is 6.92 Å². The lowest BCUT2D eigenvalue weighted by Gasteiger charge is -2.37. The van der Waals surface area contributed by atoms with Crippen LogP contribution >= 0.6 is 23.2 Å². The van der Waals surface area contributed by atoms with E-state index in [9.17, 15) is 0 Å². The zero-order chi connectivity index (χ0) is 14.1. The van der Waals surface area contributed by atoms with Crippen molar-refractivity contribution in [3.8, 4) is 0 Å². The van der Waals surface area contributed by atoms with Crippen LogP contribution in [-0.2, 0) is 0 Å². The van der Waals surface area contributed by atoms with Gasteiger partial charge in [-0.25, -0.2) is 0 Å². The molecule has 2 aromatic rings. The van der Waals surface area contributed by atoms with Crippen molar-refractivity contribution in [2.45, 2.75) is 31.7 Å². The van der Waals surface area contributed by atoms with Gasteiger partial charge in [0.25, 0.3) is 0 Å². The van der Waals surface area contributed by atoms with E-state index in [1.807, 2.05) is 24.3 Å². The number of aryl methyl sites for hydroxylation is 1. The van der Waals surface area contributed by atoms with E-state index in [1.165, 1.54) is 11.1 Å². The number of hydrogen-bond acceptors (Lipinski definition) is 1. The molecule has 0 unspecified atom stereocenters. The molecule has 1 saturated carbocycles. The van der Waals surface area contributed by atoms with E-state index in [0.717, 1.165) is 28.6 Å². The second-order valence-corrected chi connectivity index (χ2v) is 6.33. The minimum atomic E-state index is 0.482. The van der Waals surface area contributed by atoms with Gasteiger partial charge in [0.05, 0.1) is 10.7 Å². The third-order valence-corrected chi connectivity index (χ3v) is 4.64. The Morgan fingerprint density at radius 3 is 2.50 bits per heavy atom. The zero-order valence-corrected chi connectivity index (χ0v) is 12.9. The van der Waals surface area contributed by atoms with E-state index < -0.39 is 0 Å². The highest BCUT2D eigenvalue weighted by Gasteiger charge is 2.31. The van der Waals surface area contributed by atoms with Crippen molar-refractivity contribution in [3.63, 3.8) is 0 Å². The zero-order valence-electron chi connectivity index (χ0n) is 11.4. The van der Waals surface area contributed by atoms with Crippen molar-refractivity contribution in [2.75, 3.05) is 5.32 Å². The standard InChI is InChI=1S/C17H17Cl2N/c1-11-6-7-16(19)17(8-11)20-13-9-12(10-13)14-4-2-3-5-15(14)18/h2-8,12-13,20H,9-10H2,1H3. The first-order valence-corrected chi connectivity index (χ1v) is 7.66. The molecule has 3 rings (SSSR count). The van der Waals surface area contributed by atoms with Gasteiger partial charge in [-0.15, -0.1) is 0 Å². The summed E-state index contributed by atoms with van der Waals surface area (Å²) in [5, 5.41) is 5.20. The normalized spacial score (nSPS) is 21.4. The molecule has 0 spiro atoms. The van der Waals surface area contributed by atoms with Crippen LogP contribution in [0.1, 0.15) is 29.9 Å². The predicted octanol–water partition coefficient (Wildman–Crippen LogP) is 5.66. The average molecular weight is 306 g/mol. The Kier molecular flexibility index (Phi) is 3.91. The van der Waals surface area contributed by atoms with E-state index in [0.29, 0.717) is 12.0 Å². The van der Waals surface area contributed by atoms with E-state index in [1.54, 1.807) is 0 Å². The number of halogens is 2. The van der Waals surface area contributed by atoms with E-state index in [-0.39, 0.29) is 0 Å². The molecule has 0 heterocycles. The third kappa shape index (κ3) is 2.79. The highest BCUT2D eigenvalue weighted by atomic mass is 35.5. The van der Waals surface area contributed by atoms with Crippen molar-refractivity contribution in [2.24, 2.45) is 0 Å². The van der Waals surface area contributed by atoms with Crippen molar-refractivity contribution >= 4 is 28.9 Å². The summed E-state index contributed by atoms with van der Waals surface area (Å²) < 4.78 is 0. The summed E-state index contributed by atoms with van der Waals surface area (Å²) in [6, 6.07) is 14.7. The number of anilines is 1. The fourth-order valence-electron chi connectivity index (χ4n) is 2.77. The second-order valence-electron chi connectivity index (χ2n) is 5.51. The first-order chi connectivity index (χ1) is 9.63. The third-order valence-electron chi connectivity index (χ3n) is 3.96. The van der Waals surface area contributed by atoms with Gasteiger partial charge < -0.3 is 5.32 Å². The summed E-state index contributed by atoms with van der Waals surface area (Å²) in [6.45, 7) is 2.08. The quantitative estimate of drug-likeness (QED) is 0.771. The van der Waals surface area contributed by atoms with Gasteiger partial charge in [-0.2, -0.15) is 0 Å². The largest absolute Gasteiger partial charge is 0.381 e. The van der Waals surface area contributed by atoms with Crippen LogP contribution in [0.2, 0.25) is 10.0 Å². The maximum atomic E-state index is 6.24. The van der Waals surface area contributed by atoms with Gasteiger partial charge >= 0.3 is 0 Å². The highest BCUT2D eigenvalue weighted by molar-refractivity contribution is 6.33. The molecule has 1 nitrogen and oxygen atoms in total. The number of rotatable bonds is 3. The SMILES string of the molecule is Cc1ccc(Cl)c(NC2CC(c3ccccc3Cl)C2)c1. The molecule has 20 heavy (non-hydrogen) atoms. The molecular formula is C17H17Cl2N. The Morgan fingerprint density at radius 2 is 1.75 bits per heavy atom. The van der Waals surface area contributed by atoms with E-state index in [2.05, 4.69) is 30.4 Å². The van der Waals surface area contributed by atoms with Crippen molar-refractivity contribution in [1.29, 1.82) is 0 Å². The Morgan fingerprint density at radius 1 is 1.00 bits per heavy atom. The Hall–Kier alpha value is -1.18. The maximum Gasteiger partial charge on any atom is 0.0637 e. The highest BCUT2D eigenvalue weighted by Crippen LogP contribution is 2.41. The minimum absolute atomic E-state index is 0.482. The lowest BCUT2D eigenvalue weighted by molar-refractivity contribution is 0.374. The van der Waals surface area contributed by atoms with Crippen LogP contribution < -0.4 is 5.32 Å². The molecule has 0 bridgehead atoms. The fraction of sp³-hybridized carbons (Fsp3) is 0.294. The van der Waals surface area contributed by atoms with Crippen LogP contribution in [-0.4, -0.2) is 6.04 Å². The molecule has 1 aliphatic rings. The van der Waals surface area contributed by atoms with Gasteiger partial charge in [0, 0.05) is 11.1 Å². The summed E-state index contributed by atoms with van der Waals surface area (Å²) >= 11 is 12.5. The van der Waals surface area contributed by atoms with Crippen molar-refractivity contribution < 1.29 is 0 Å². The van der Waals surface area contributed by atoms with Crippen LogP contribution in [0.25, 0.3) is 0 Å². The van der Waals surface area contributed by atoms with Crippen LogP contribution in [0.15, 0.2) is 42.5 Å². The maximum absolute atomic E-state index is 6.24. The molecule has 1 fully saturated rings. The van der Waals surface area contributed by atoms with Gasteiger partial charge in [-0.1, -0.05) is 47.5 Å². The van der Waals surface area contributed by atoms with Crippen LogP contribution in [0.4, 0.5) is 5.69 Å². The number of hydrogen-bond donors (Lipinski definition) is 1. The first kappa shape index (κ1) is 13.8. The molecule has 3 heteroatoms. The Labute approximate surface area is 129 Å². The lowest BCUT2D eigenvalue weighted by Crippen LogP contribution is -2.34. The molecule has 104 valence electrons. The van der Waals surface area contributed by atoms with E-state index in [4.69, 9.17) is 23.2 Å². The molecule has 0 aliphatic heterocycles. The molecule has 2 aromatic carbocycles. The molecule has 0 aromatic heterocycles. The fourth-order valence-corrected chi connectivity index (χ4v) is 3.23. The molecule has 1 aliphatic carbocycles. The van der Waals surface area contributed by atoms with Crippen molar-refractivity contribution in [3.05, 3.63) is 63.6 Å². The summed E-state index contributed by atoms with van der Waals surface area (Å²) in [5.74, 6) is 0.560. The molecule has 1 N–H and O–H groups in total. The smallest absolute Gasteiger partial charge is 0.0637 e. The summed E-state index contributed by atoms with van der Waals surface area (Å²) in [4.78, 5) is 0. The Bertz CT molecular complexity index is 618. The van der Waals surface area contributed by atoms with Gasteiger partial charge in [0.15, 0.2) is 0 Å². The summed E-state index contributed by atoms with van der Waals surface area (Å²) in [6.07, 6.45) is 2.21. The molecular weight excluding hydrogens is 289 g/mol. The number of benzene rings is 2. The van der Waals surface area contributed by atoms with Gasteiger partial charge in [-0.05, 0) is 55.0 Å². The van der Waals surface area contributed by atoms with Crippen LogP contribution in [0.5, 0.6) is 0 Å². The molecule has 0 radical (unpaired) electrons.